The molecule has 1 fully saturated rings. The van der Waals surface area contributed by atoms with Crippen molar-refractivity contribution in [1.82, 2.24) is 15.1 Å². The molecule has 0 spiro atoms. The molecule has 2 amide bonds. The summed E-state index contributed by atoms with van der Waals surface area (Å²) >= 11 is 0. The number of methoxy groups -OCH3 is 1. The van der Waals surface area contributed by atoms with E-state index in [0.29, 0.717) is 19.6 Å². The number of nitrogens with zero attached hydrogens (tertiary/aromatic N) is 2. The lowest BCUT2D eigenvalue weighted by molar-refractivity contribution is -0.129. The molecule has 1 aromatic carbocycles. The number of hydrogen-bond acceptors (Lipinski definition) is 4. The Hall–Kier alpha value is -2.34. The van der Waals surface area contributed by atoms with Crippen molar-refractivity contribution < 1.29 is 14.3 Å². The first-order valence-electron chi connectivity index (χ1n) is 9.97. The molecular formula is C22H33N3O3. The molecule has 1 aliphatic heterocycles. The molecule has 1 N–H and O–H groups in total. The van der Waals surface area contributed by atoms with Crippen molar-refractivity contribution in [3.8, 4) is 5.75 Å². The number of ether oxygens (including phenoxy) is 1. The standard InChI is InChI=1S/C22H33N3O3/c1-5-22(2,3)21(27)23-12-13-24-14-16-25(17-15-24)20(26)11-8-18-6-9-19(28-4)10-7-18/h6-11H,5,12-17H2,1-4H3,(H,23,27)/b11-8+. The van der Waals surface area contributed by atoms with E-state index in [9.17, 15) is 9.59 Å². The van der Waals surface area contributed by atoms with Crippen LogP contribution in [0.15, 0.2) is 30.3 Å². The van der Waals surface area contributed by atoms with Gasteiger partial charge in [0.25, 0.3) is 0 Å². The maximum atomic E-state index is 12.4. The van der Waals surface area contributed by atoms with E-state index in [2.05, 4.69) is 10.2 Å². The van der Waals surface area contributed by atoms with Gasteiger partial charge >= 0.3 is 0 Å². The van der Waals surface area contributed by atoms with Crippen molar-refractivity contribution >= 4 is 17.9 Å². The predicted molar refractivity (Wildman–Crippen MR) is 112 cm³/mol. The Labute approximate surface area is 168 Å². The number of nitrogens with one attached hydrogen (secondary N) is 1. The van der Waals surface area contributed by atoms with Crippen LogP contribution in [0, 0.1) is 5.41 Å². The van der Waals surface area contributed by atoms with Gasteiger partial charge in [0.15, 0.2) is 0 Å². The largest absolute Gasteiger partial charge is 0.497 e. The van der Waals surface area contributed by atoms with Crippen molar-refractivity contribution in [3.63, 3.8) is 0 Å². The quantitative estimate of drug-likeness (QED) is 0.696. The molecule has 1 aliphatic rings. The second-order valence-electron chi connectivity index (χ2n) is 7.77. The highest BCUT2D eigenvalue weighted by molar-refractivity contribution is 5.91. The first-order chi connectivity index (χ1) is 13.4. The summed E-state index contributed by atoms with van der Waals surface area (Å²) in [7, 11) is 1.63. The van der Waals surface area contributed by atoms with Gasteiger partial charge in [0.1, 0.15) is 5.75 Å². The van der Waals surface area contributed by atoms with E-state index >= 15 is 0 Å². The van der Waals surface area contributed by atoms with Gasteiger partial charge in [0, 0.05) is 50.8 Å². The average molecular weight is 388 g/mol. The van der Waals surface area contributed by atoms with Gasteiger partial charge in [-0.1, -0.05) is 32.9 Å². The van der Waals surface area contributed by atoms with E-state index in [4.69, 9.17) is 4.74 Å². The first kappa shape index (κ1) is 22.0. The summed E-state index contributed by atoms with van der Waals surface area (Å²) in [4.78, 5) is 28.7. The van der Waals surface area contributed by atoms with Gasteiger partial charge in [-0.3, -0.25) is 14.5 Å². The highest BCUT2D eigenvalue weighted by Gasteiger charge is 2.25. The van der Waals surface area contributed by atoms with Crippen LogP contribution in [0.1, 0.15) is 32.8 Å². The number of piperazine rings is 1. The third-order valence-corrected chi connectivity index (χ3v) is 5.43. The molecule has 154 valence electrons. The normalized spacial score (nSPS) is 15.6. The summed E-state index contributed by atoms with van der Waals surface area (Å²) < 4.78 is 5.14. The lowest BCUT2D eigenvalue weighted by Crippen LogP contribution is -2.50. The Bertz CT molecular complexity index is 675. The van der Waals surface area contributed by atoms with Gasteiger partial charge < -0.3 is 15.0 Å². The fourth-order valence-corrected chi connectivity index (χ4v) is 2.91. The number of benzene rings is 1. The molecule has 0 atom stereocenters. The second-order valence-corrected chi connectivity index (χ2v) is 7.77. The molecule has 0 radical (unpaired) electrons. The highest BCUT2D eigenvalue weighted by Crippen LogP contribution is 2.19. The molecule has 2 rings (SSSR count). The number of carbonyl (C=O) groups is 2. The molecule has 0 bridgehead atoms. The Kier molecular flexibility index (Phi) is 8.05. The smallest absolute Gasteiger partial charge is 0.246 e. The van der Waals surface area contributed by atoms with Crippen LogP contribution in [0.4, 0.5) is 0 Å². The molecule has 0 aliphatic carbocycles. The Morgan fingerprint density at radius 2 is 1.79 bits per heavy atom. The van der Waals surface area contributed by atoms with E-state index in [1.807, 2.05) is 56.0 Å². The Morgan fingerprint density at radius 1 is 1.14 bits per heavy atom. The van der Waals surface area contributed by atoms with Gasteiger partial charge in [-0.15, -0.1) is 0 Å². The maximum Gasteiger partial charge on any atom is 0.246 e. The number of hydrogen-bond donors (Lipinski definition) is 1. The van der Waals surface area contributed by atoms with E-state index in [-0.39, 0.29) is 17.2 Å². The van der Waals surface area contributed by atoms with Crippen LogP contribution in [0.5, 0.6) is 5.75 Å². The van der Waals surface area contributed by atoms with Crippen molar-refractivity contribution in [2.75, 3.05) is 46.4 Å². The predicted octanol–water partition coefficient (Wildman–Crippen LogP) is 2.40. The first-order valence-corrected chi connectivity index (χ1v) is 9.97. The SMILES string of the molecule is CCC(C)(C)C(=O)NCCN1CCN(C(=O)/C=C/c2ccc(OC)cc2)CC1. The van der Waals surface area contributed by atoms with Crippen molar-refractivity contribution in [3.05, 3.63) is 35.9 Å². The molecule has 1 aromatic rings. The highest BCUT2D eigenvalue weighted by atomic mass is 16.5. The summed E-state index contributed by atoms with van der Waals surface area (Å²) in [5.41, 5.74) is 0.653. The molecule has 1 heterocycles. The Balaban J connectivity index is 1.71. The molecule has 6 nitrogen and oxygen atoms in total. The number of carbonyl (C=O) groups excluding carboxylic acids is 2. The summed E-state index contributed by atoms with van der Waals surface area (Å²) in [6, 6.07) is 7.61. The van der Waals surface area contributed by atoms with Crippen LogP contribution in [0.25, 0.3) is 6.08 Å². The fourth-order valence-electron chi connectivity index (χ4n) is 2.91. The number of rotatable bonds is 8. The summed E-state index contributed by atoms with van der Waals surface area (Å²) in [5.74, 6) is 0.940. The molecule has 1 saturated heterocycles. The zero-order valence-electron chi connectivity index (χ0n) is 17.5. The van der Waals surface area contributed by atoms with E-state index in [1.165, 1.54) is 0 Å². The number of amides is 2. The third-order valence-electron chi connectivity index (χ3n) is 5.43. The minimum atomic E-state index is -0.318. The molecule has 28 heavy (non-hydrogen) atoms. The minimum Gasteiger partial charge on any atom is -0.497 e. The van der Waals surface area contributed by atoms with Crippen molar-refractivity contribution in [1.29, 1.82) is 0 Å². The van der Waals surface area contributed by atoms with Crippen LogP contribution in [0.2, 0.25) is 0 Å². The van der Waals surface area contributed by atoms with Crippen LogP contribution in [-0.2, 0) is 9.59 Å². The van der Waals surface area contributed by atoms with Gasteiger partial charge in [0.05, 0.1) is 7.11 Å². The van der Waals surface area contributed by atoms with E-state index < -0.39 is 0 Å². The molecular weight excluding hydrogens is 354 g/mol. The molecule has 0 unspecified atom stereocenters. The lowest BCUT2D eigenvalue weighted by atomic mass is 9.89. The van der Waals surface area contributed by atoms with Crippen LogP contribution < -0.4 is 10.1 Å². The molecule has 0 saturated carbocycles. The maximum absolute atomic E-state index is 12.4. The zero-order valence-corrected chi connectivity index (χ0v) is 17.5. The van der Waals surface area contributed by atoms with Crippen LogP contribution >= 0.6 is 0 Å². The summed E-state index contributed by atoms with van der Waals surface area (Å²) in [6.45, 7) is 10.5. The zero-order chi connectivity index (χ0) is 20.6. The summed E-state index contributed by atoms with van der Waals surface area (Å²) in [6.07, 6.45) is 4.29. The van der Waals surface area contributed by atoms with Gasteiger partial charge in [-0.25, -0.2) is 0 Å². The second kappa shape index (κ2) is 10.3. The molecule has 6 heteroatoms. The fraction of sp³-hybridized carbons (Fsp3) is 0.545. The van der Waals surface area contributed by atoms with E-state index in [0.717, 1.165) is 37.4 Å². The average Bonchev–Trinajstić information content (AvgIpc) is 2.72. The Morgan fingerprint density at radius 3 is 2.36 bits per heavy atom. The van der Waals surface area contributed by atoms with Gasteiger partial charge in [-0.2, -0.15) is 0 Å². The van der Waals surface area contributed by atoms with Crippen molar-refractivity contribution in [2.24, 2.45) is 5.41 Å². The topological polar surface area (TPSA) is 61.9 Å². The molecule has 0 aromatic heterocycles. The summed E-state index contributed by atoms with van der Waals surface area (Å²) in [5, 5.41) is 3.02. The van der Waals surface area contributed by atoms with E-state index in [1.54, 1.807) is 13.2 Å². The van der Waals surface area contributed by atoms with Crippen LogP contribution in [0.3, 0.4) is 0 Å². The minimum absolute atomic E-state index is 0.0356. The third kappa shape index (κ3) is 6.37. The van der Waals surface area contributed by atoms with Gasteiger partial charge in [0.2, 0.25) is 11.8 Å². The van der Waals surface area contributed by atoms with Gasteiger partial charge in [-0.05, 0) is 30.2 Å². The monoisotopic (exact) mass is 387 g/mol. The lowest BCUT2D eigenvalue weighted by Gasteiger charge is -2.34. The van der Waals surface area contributed by atoms with Crippen molar-refractivity contribution in [2.45, 2.75) is 27.2 Å². The van der Waals surface area contributed by atoms with Crippen LogP contribution in [-0.4, -0.2) is 68.0 Å².